The largest absolute Gasteiger partial charge is 0.493 e. The Balaban J connectivity index is 1.81. The number of likely N-dealkylation sites (N-methyl/N-ethyl adjacent to an activating group) is 1. The van der Waals surface area contributed by atoms with Crippen LogP contribution in [0.25, 0.3) is 10.9 Å². The molecular weight excluding hydrogens is 302 g/mol. The summed E-state index contributed by atoms with van der Waals surface area (Å²) in [5.41, 5.74) is 2.03. The summed E-state index contributed by atoms with van der Waals surface area (Å²) in [5, 5.41) is 1.03. The maximum Gasteiger partial charge on any atom is 0.227 e. The SMILES string of the molecule is CCOc1cccc2[nH]cc(CC(=O)N3CC[C@@H](N(C)C)[C@@H]3C)c12. The summed E-state index contributed by atoms with van der Waals surface area (Å²) in [6.07, 6.45) is 3.39. The standard InChI is InChI=1S/C19H27N3O2/c1-5-24-17-8-6-7-15-19(17)14(12-20-15)11-18(23)22-10-9-16(13(22)2)21(3)4/h6-8,12-13,16,20H,5,9-11H2,1-4H3/t13-,16+/m0/s1. The van der Waals surface area contributed by atoms with Gasteiger partial charge in [0.15, 0.2) is 0 Å². The van der Waals surface area contributed by atoms with Crippen LogP contribution in [0.5, 0.6) is 5.75 Å². The number of hydrogen-bond donors (Lipinski definition) is 1. The molecule has 0 aliphatic carbocycles. The lowest BCUT2D eigenvalue weighted by molar-refractivity contribution is -0.131. The van der Waals surface area contributed by atoms with Gasteiger partial charge in [-0.15, -0.1) is 0 Å². The predicted molar refractivity (Wildman–Crippen MR) is 96.4 cm³/mol. The van der Waals surface area contributed by atoms with Crippen molar-refractivity contribution in [1.82, 2.24) is 14.8 Å². The number of carbonyl (C=O) groups is 1. The molecule has 1 N–H and O–H groups in total. The fourth-order valence-electron chi connectivity index (χ4n) is 3.86. The van der Waals surface area contributed by atoms with Crippen LogP contribution in [-0.4, -0.2) is 60.0 Å². The van der Waals surface area contributed by atoms with Crippen LogP contribution < -0.4 is 4.74 Å². The third-order valence-corrected chi connectivity index (χ3v) is 5.09. The van der Waals surface area contributed by atoms with Gasteiger partial charge in [-0.1, -0.05) is 6.07 Å². The summed E-state index contributed by atoms with van der Waals surface area (Å²) in [6.45, 7) is 5.58. The molecule has 2 aromatic rings. The Morgan fingerprint density at radius 2 is 2.21 bits per heavy atom. The number of ether oxygens (including phenoxy) is 1. The van der Waals surface area contributed by atoms with E-state index in [2.05, 4.69) is 30.9 Å². The number of likely N-dealkylation sites (tertiary alicyclic amines) is 1. The van der Waals surface area contributed by atoms with Crippen molar-refractivity contribution < 1.29 is 9.53 Å². The van der Waals surface area contributed by atoms with Crippen LogP contribution in [0.15, 0.2) is 24.4 Å². The number of aromatic amines is 1. The molecule has 1 aromatic carbocycles. The van der Waals surface area contributed by atoms with Crippen molar-refractivity contribution in [2.75, 3.05) is 27.2 Å². The minimum Gasteiger partial charge on any atom is -0.493 e. The maximum absolute atomic E-state index is 12.9. The number of amides is 1. The predicted octanol–water partition coefficient (Wildman–Crippen LogP) is 2.66. The van der Waals surface area contributed by atoms with E-state index in [-0.39, 0.29) is 11.9 Å². The van der Waals surface area contributed by atoms with Crippen LogP contribution in [0.1, 0.15) is 25.8 Å². The van der Waals surface area contributed by atoms with Crippen molar-refractivity contribution in [2.24, 2.45) is 0 Å². The van der Waals surface area contributed by atoms with E-state index in [1.54, 1.807) is 0 Å². The van der Waals surface area contributed by atoms with Gasteiger partial charge in [-0.05, 0) is 52.1 Å². The quantitative estimate of drug-likeness (QED) is 0.917. The molecular formula is C19H27N3O2. The Bertz CT molecular complexity index is 722. The summed E-state index contributed by atoms with van der Waals surface area (Å²) >= 11 is 0. The van der Waals surface area contributed by atoms with E-state index in [4.69, 9.17) is 4.74 Å². The Kier molecular flexibility index (Phi) is 4.81. The Labute approximate surface area is 143 Å². The molecule has 1 fully saturated rings. The molecule has 0 radical (unpaired) electrons. The minimum atomic E-state index is 0.194. The van der Waals surface area contributed by atoms with Gasteiger partial charge in [0.1, 0.15) is 5.75 Å². The van der Waals surface area contributed by atoms with Crippen molar-refractivity contribution in [2.45, 2.75) is 38.8 Å². The second-order valence-electron chi connectivity index (χ2n) is 6.75. The van der Waals surface area contributed by atoms with Crippen molar-refractivity contribution in [1.29, 1.82) is 0 Å². The topological polar surface area (TPSA) is 48.6 Å². The fraction of sp³-hybridized carbons (Fsp3) is 0.526. The normalized spacial score (nSPS) is 21.0. The van der Waals surface area contributed by atoms with E-state index >= 15 is 0 Å². The highest BCUT2D eigenvalue weighted by atomic mass is 16.5. The molecule has 1 amide bonds. The lowest BCUT2D eigenvalue weighted by atomic mass is 10.1. The van der Waals surface area contributed by atoms with Gasteiger partial charge in [0, 0.05) is 35.7 Å². The van der Waals surface area contributed by atoms with E-state index in [9.17, 15) is 4.79 Å². The average molecular weight is 329 g/mol. The number of hydrogen-bond acceptors (Lipinski definition) is 3. The van der Waals surface area contributed by atoms with Gasteiger partial charge in [0.05, 0.1) is 13.0 Å². The summed E-state index contributed by atoms with van der Waals surface area (Å²) < 4.78 is 5.74. The average Bonchev–Trinajstić information content (AvgIpc) is 3.12. The van der Waals surface area contributed by atoms with Crippen LogP contribution in [0.3, 0.4) is 0 Å². The number of H-pyrrole nitrogens is 1. The van der Waals surface area contributed by atoms with E-state index in [1.807, 2.05) is 36.2 Å². The molecule has 24 heavy (non-hydrogen) atoms. The van der Waals surface area contributed by atoms with Gasteiger partial charge in [-0.25, -0.2) is 0 Å². The van der Waals surface area contributed by atoms with Crippen molar-refractivity contribution in [3.8, 4) is 5.75 Å². The van der Waals surface area contributed by atoms with Crippen LogP contribution in [0.2, 0.25) is 0 Å². The monoisotopic (exact) mass is 329 g/mol. The molecule has 2 atom stereocenters. The molecule has 0 saturated carbocycles. The van der Waals surface area contributed by atoms with Crippen LogP contribution >= 0.6 is 0 Å². The van der Waals surface area contributed by atoms with Crippen molar-refractivity contribution in [3.63, 3.8) is 0 Å². The van der Waals surface area contributed by atoms with Crippen molar-refractivity contribution in [3.05, 3.63) is 30.0 Å². The molecule has 0 unspecified atom stereocenters. The molecule has 0 bridgehead atoms. The summed E-state index contributed by atoms with van der Waals surface area (Å²) in [7, 11) is 4.17. The fourth-order valence-corrected chi connectivity index (χ4v) is 3.86. The molecule has 2 heterocycles. The van der Waals surface area contributed by atoms with Gasteiger partial charge < -0.3 is 19.5 Å². The highest BCUT2D eigenvalue weighted by molar-refractivity contribution is 5.93. The van der Waals surface area contributed by atoms with Crippen LogP contribution in [0.4, 0.5) is 0 Å². The van der Waals surface area contributed by atoms with Crippen LogP contribution in [-0.2, 0) is 11.2 Å². The van der Waals surface area contributed by atoms with Gasteiger partial charge in [0.2, 0.25) is 5.91 Å². The number of fused-ring (bicyclic) bond motifs is 1. The number of rotatable bonds is 5. The van der Waals surface area contributed by atoms with Crippen molar-refractivity contribution >= 4 is 16.8 Å². The summed E-state index contributed by atoms with van der Waals surface area (Å²) in [5.74, 6) is 1.04. The molecule has 0 spiro atoms. The summed E-state index contributed by atoms with van der Waals surface area (Å²) in [4.78, 5) is 20.4. The highest BCUT2D eigenvalue weighted by Crippen LogP contribution is 2.30. The molecule has 1 aromatic heterocycles. The smallest absolute Gasteiger partial charge is 0.227 e. The zero-order valence-electron chi connectivity index (χ0n) is 15.0. The van der Waals surface area contributed by atoms with Gasteiger partial charge >= 0.3 is 0 Å². The first kappa shape index (κ1) is 16.8. The number of nitrogens with zero attached hydrogens (tertiary/aromatic N) is 2. The highest BCUT2D eigenvalue weighted by Gasteiger charge is 2.34. The van der Waals surface area contributed by atoms with Gasteiger partial charge in [-0.2, -0.15) is 0 Å². The third-order valence-electron chi connectivity index (χ3n) is 5.09. The molecule has 1 aliphatic rings. The lowest BCUT2D eigenvalue weighted by Gasteiger charge is -2.28. The molecule has 1 aliphatic heterocycles. The zero-order chi connectivity index (χ0) is 17.3. The molecule has 3 rings (SSSR count). The maximum atomic E-state index is 12.9. The first-order valence-electron chi connectivity index (χ1n) is 8.70. The first-order valence-corrected chi connectivity index (χ1v) is 8.70. The second kappa shape index (κ2) is 6.85. The molecule has 5 nitrogen and oxygen atoms in total. The number of benzene rings is 1. The molecule has 130 valence electrons. The minimum absolute atomic E-state index is 0.194. The first-order chi connectivity index (χ1) is 11.5. The number of nitrogens with one attached hydrogen (secondary N) is 1. The Hall–Kier alpha value is -2.01. The van der Waals surface area contributed by atoms with Gasteiger partial charge in [0.25, 0.3) is 0 Å². The van der Waals surface area contributed by atoms with Gasteiger partial charge in [-0.3, -0.25) is 4.79 Å². The second-order valence-corrected chi connectivity index (χ2v) is 6.75. The molecule has 1 saturated heterocycles. The zero-order valence-corrected chi connectivity index (χ0v) is 15.0. The number of aromatic nitrogens is 1. The Morgan fingerprint density at radius 3 is 2.88 bits per heavy atom. The third kappa shape index (κ3) is 3.00. The van der Waals surface area contributed by atoms with E-state index in [1.165, 1.54) is 0 Å². The number of carbonyl (C=O) groups excluding carboxylic acids is 1. The lowest BCUT2D eigenvalue weighted by Crippen LogP contribution is -2.42. The molecule has 5 heteroatoms. The Morgan fingerprint density at radius 1 is 1.42 bits per heavy atom. The van der Waals surface area contributed by atoms with E-state index < -0.39 is 0 Å². The van der Waals surface area contributed by atoms with E-state index in [0.29, 0.717) is 19.1 Å². The van der Waals surface area contributed by atoms with Crippen LogP contribution in [0, 0.1) is 0 Å². The summed E-state index contributed by atoms with van der Waals surface area (Å²) in [6, 6.07) is 6.65. The van der Waals surface area contributed by atoms with E-state index in [0.717, 1.165) is 35.2 Å².